The number of hydrogen-bond donors (Lipinski definition) is 1. The molecule has 0 amide bonds. The Morgan fingerprint density at radius 2 is 2.16 bits per heavy atom. The number of fused-ring (bicyclic) bond motifs is 1. The molecule has 0 atom stereocenters. The Hall–Kier alpha value is -3.07. The van der Waals surface area contributed by atoms with E-state index in [1.807, 2.05) is 24.7 Å². The van der Waals surface area contributed by atoms with Crippen LogP contribution in [0.2, 0.25) is 0 Å². The van der Waals surface area contributed by atoms with E-state index in [0.717, 1.165) is 18.4 Å². The Balaban J connectivity index is 2.28. The second-order valence-electron chi connectivity index (χ2n) is 5.88. The van der Waals surface area contributed by atoms with E-state index in [2.05, 4.69) is 18.0 Å². The third kappa shape index (κ3) is 3.01. The molecule has 0 aliphatic rings. The average Bonchev–Trinajstić information content (AvgIpc) is 2.92. The smallest absolute Gasteiger partial charge is 0.275 e. The van der Waals surface area contributed by atoms with Gasteiger partial charge in [-0.1, -0.05) is 13.3 Å². The fraction of sp³-hybridized carbons (Fsp3) is 0.316. The fourth-order valence-corrected chi connectivity index (χ4v) is 3.02. The predicted molar refractivity (Wildman–Crippen MR) is 96.6 cm³/mol. The summed E-state index contributed by atoms with van der Waals surface area (Å²) in [7, 11) is 1.85. The van der Waals surface area contributed by atoms with E-state index < -0.39 is 0 Å². The molecule has 0 aliphatic carbocycles. The summed E-state index contributed by atoms with van der Waals surface area (Å²) in [6.45, 7) is 4.46. The molecule has 0 saturated heterocycles. The van der Waals surface area contributed by atoms with Crippen molar-refractivity contribution in [3.05, 3.63) is 45.9 Å². The van der Waals surface area contributed by atoms with Crippen LogP contribution >= 0.6 is 0 Å². The lowest BCUT2D eigenvalue weighted by Crippen LogP contribution is -2.12. The van der Waals surface area contributed by atoms with Crippen LogP contribution in [0.25, 0.3) is 22.4 Å². The summed E-state index contributed by atoms with van der Waals surface area (Å²) in [5, 5.41) is 9.19. The number of nitrogens with zero attached hydrogens (tertiary/aromatic N) is 3. The van der Waals surface area contributed by atoms with E-state index in [9.17, 15) is 10.1 Å². The molecule has 1 aromatic carbocycles. The van der Waals surface area contributed by atoms with Crippen LogP contribution in [-0.2, 0) is 13.5 Å². The minimum Gasteiger partial charge on any atom is -0.493 e. The zero-order chi connectivity index (χ0) is 18.0. The maximum Gasteiger partial charge on any atom is 0.275 e. The number of aryl methyl sites for hydroxylation is 2. The molecule has 2 aromatic heterocycles. The van der Waals surface area contributed by atoms with Crippen LogP contribution in [0.1, 0.15) is 31.4 Å². The zero-order valence-electron chi connectivity index (χ0n) is 14.6. The van der Waals surface area contributed by atoms with Gasteiger partial charge < -0.3 is 14.3 Å². The first-order chi connectivity index (χ1) is 12.1. The molecule has 6 nitrogen and oxygen atoms in total. The molecule has 25 heavy (non-hydrogen) atoms. The maximum atomic E-state index is 12.6. The lowest BCUT2D eigenvalue weighted by Gasteiger charge is -2.10. The van der Waals surface area contributed by atoms with Crippen molar-refractivity contribution in [3.63, 3.8) is 0 Å². The van der Waals surface area contributed by atoms with E-state index >= 15 is 0 Å². The van der Waals surface area contributed by atoms with Crippen LogP contribution in [0.15, 0.2) is 29.2 Å². The molecule has 0 aliphatic heterocycles. The van der Waals surface area contributed by atoms with Gasteiger partial charge in [0.25, 0.3) is 5.56 Å². The van der Waals surface area contributed by atoms with Crippen molar-refractivity contribution in [2.75, 3.05) is 6.61 Å². The van der Waals surface area contributed by atoms with Gasteiger partial charge in [0, 0.05) is 13.2 Å². The van der Waals surface area contributed by atoms with Gasteiger partial charge in [0.15, 0.2) is 0 Å². The summed E-state index contributed by atoms with van der Waals surface area (Å²) in [6, 6.07) is 7.23. The number of H-pyrrole nitrogens is 1. The number of nitriles is 1. The SMILES string of the molecule is CCCc1cn(C)c2c(=O)[nH]c(-c3cc(C#N)ccc3OCC)nc12. The van der Waals surface area contributed by atoms with Crippen LogP contribution < -0.4 is 10.3 Å². The highest BCUT2D eigenvalue weighted by molar-refractivity contribution is 5.81. The molecule has 3 aromatic rings. The molecule has 3 rings (SSSR count). The number of aromatic nitrogens is 3. The fourth-order valence-electron chi connectivity index (χ4n) is 3.02. The van der Waals surface area contributed by atoms with Crippen molar-refractivity contribution in [3.8, 4) is 23.2 Å². The van der Waals surface area contributed by atoms with Gasteiger partial charge in [0.1, 0.15) is 17.1 Å². The molecule has 0 saturated carbocycles. The third-order valence-electron chi connectivity index (χ3n) is 4.08. The van der Waals surface area contributed by atoms with E-state index in [4.69, 9.17) is 9.72 Å². The van der Waals surface area contributed by atoms with Crippen molar-refractivity contribution in [2.45, 2.75) is 26.7 Å². The van der Waals surface area contributed by atoms with Crippen molar-refractivity contribution in [2.24, 2.45) is 7.05 Å². The number of benzene rings is 1. The van der Waals surface area contributed by atoms with Gasteiger partial charge in [0.2, 0.25) is 0 Å². The number of ether oxygens (including phenoxy) is 1. The van der Waals surface area contributed by atoms with Crippen LogP contribution in [0.5, 0.6) is 5.75 Å². The van der Waals surface area contributed by atoms with Gasteiger partial charge in [-0.15, -0.1) is 0 Å². The molecular weight excluding hydrogens is 316 g/mol. The van der Waals surface area contributed by atoms with Crippen molar-refractivity contribution in [1.29, 1.82) is 5.26 Å². The van der Waals surface area contributed by atoms with Crippen molar-refractivity contribution < 1.29 is 4.74 Å². The number of nitrogens with one attached hydrogen (secondary N) is 1. The minimum absolute atomic E-state index is 0.199. The lowest BCUT2D eigenvalue weighted by molar-refractivity contribution is 0.341. The second-order valence-corrected chi connectivity index (χ2v) is 5.88. The largest absolute Gasteiger partial charge is 0.493 e. The summed E-state index contributed by atoms with van der Waals surface area (Å²) in [5.74, 6) is 1.01. The predicted octanol–water partition coefficient (Wildman–Crippen LogP) is 3.15. The Bertz CT molecular complexity index is 1020. The molecule has 0 spiro atoms. The highest BCUT2D eigenvalue weighted by atomic mass is 16.5. The standard InChI is InChI=1S/C19H20N4O2/c1-4-6-13-11-23(3)17-16(13)21-18(22-19(17)24)14-9-12(10-20)7-8-15(14)25-5-2/h7-9,11H,4-6H2,1-3H3,(H,21,22,24). The normalized spacial score (nSPS) is 10.8. The molecule has 128 valence electrons. The molecule has 0 fully saturated rings. The first-order valence-corrected chi connectivity index (χ1v) is 8.34. The Morgan fingerprint density at radius 3 is 2.84 bits per heavy atom. The summed E-state index contributed by atoms with van der Waals surface area (Å²) in [6.07, 6.45) is 3.77. The average molecular weight is 336 g/mol. The first-order valence-electron chi connectivity index (χ1n) is 8.34. The highest BCUT2D eigenvalue weighted by Crippen LogP contribution is 2.29. The number of rotatable bonds is 5. The molecule has 6 heteroatoms. The topological polar surface area (TPSA) is 83.7 Å². The quantitative estimate of drug-likeness (QED) is 0.776. The van der Waals surface area contributed by atoms with Gasteiger partial charge in [-0.25, -0.2) is 4.98 Å². The van der Waals surface area contributed by atoms with Gasteiger partial charge in [-0.3, -0.25) is 4.79 Å². The lowest BCUT2D eigenvalue weighted by atomic mass is 10.1. The number of aromatic amines is 1. The summed E-state index contributed by atoms with van der Waals surface area (Å²) >= 11 is 0. The maximum absolute atomic E-state index is 12.6. The molecular formula is C19H20N4O2. The highest BCUT2D eigenvalue weighted by Gasteiger charge is 2.16. The molecule has 0 bridgehead atoms. The van der Waals surface area contributed by atoms with E-state index in [-0.39, 0.29) is 5.56 Å². The minimum atomic E-state index is -0.199. The molecule has 0 radical (unpaired) electrons. The first kappa shape index (κ1) is 16.8. The monoisotopic (exact) mass is 336 g/mol. The Labute approximate surface area is 145 Å². The second kappa shape index (κ2) is 6.81. The van der Waals surface area contributed by atoms with Crippen molar-refractivity contribution >= 4 is 11.0 Å². The van der Waals surface area contributed by atoms with Crippen LogP contribution in [-0.4, -0.2) is 21.1 Å². The van der Waals surface area contributed by atoms with Crippen molar-refractivity contribution in [1.82, 2.24) is 14.5 Å². The van der Waals surface area contributed by atoms with Gasteiger partial charge >= 0.3 is 0 Å². The van der Waals surface area contributed by atoms with Crippen LogP contribution in [0.4, 0.5) is 0 Å². The molecule has 2 heterocycles. The van der Waals surface area contributed by atoms with Crippen LogP contribution in [0.3, 0.4) is 0 Å². The van der Waals surface area contributed by atoms with E-state index in [1.54, 1.807) is 18.2 Å². The Morgan fingerprint density at radius 1 is 1.36 bits per heavy atom. The van der Waals surface area contributed by atoms with Gasteiger partial charge in [0.05, 0.1) is 29.3 Å². The summed E-state index contributed by atoms with van der Waals surface area (Å²) in [4.78, 5) is 20.1. The van der Waals surface area contributed by atoms with Gasteiger partial charge in [-0.05, 0) is 37.1 Å². The van der Waals surface area contributed by atoms with E-state index in [0.29, 0.717) is 40.3 Å². The van der Waals surface area contributed by atoms with Gasteiger partial charge in [-0.2, -0.15) is 5.26 Å². The Kier molecular flexibility index (Phi) is 4.57. The molecule has 1 N–H and O–H groups in total. The summed E-state index contributed by atoms with van der Waals surface area (Å²) in [5.41, 5.74) is 3.21. The molecule has 0 unspecified atom stereocenters. The zero-order valence-corrected chi connectivity index (χ0v) is 14.6. The third-order valence-corrected chi connectivity index (χ3v) is 4.08. The van der Waals surface area contributed by atoms with E-state index in [1.165, 1.54) is 0 Å². The summed E-state index contributed by atoms with van der Waals surface area (Å²) < 4.78 is 7.46. The number of hydrogen-bond acceptors (Lipinski definition) is 4. The van der Waals surface area contributed by atoms with Crippen LogP contribution in [0, 0.1) is 11.3 Å².